The molecular weight excluding hydrogens is 440 g/mol. The second-order valence-electron chi connectivity index (χ2n) is 10.5. The van der Waals surface area contributed by atoms with Crippen LogP contribution in [-0.2, 0) is 14.4 Å². The van der Waals surface area contributed by atoms with Gasteiger partial charge in [-0.1, -0.05) is 40.2 Å². The second kappa shape index (κ2) is 9.98. The van der Waals surface area contributed by atoms with Gasteiger partial charge in [0.25, 0.3) is 0 Å². The van der Waals surface area contributed by atoms with Crippen molar-refractivity contribution in [3.05, 3.63) is 12.7 Å². The van der Waals surface area contributed by atoms with E-state index >= 15 is 0 Å². The number of hydrogen-bond donors (Lipinski definition) is 2. The van der Waals surface area contributed by atoms with E-state index in [1.165, 1.54) is 0 Å². The summed E-state index contributed by atoms with van der Waals surface area (Å²) in [5.74, 6) is -2.66. The van der Waals surface area contributed by atoms with Crippen LogP contribution in [0.1, 0.15) is 60.3 Å². The van der Waals surface area contributed by atoms with Crippen molar-refractivity contribution in [2.24, 2.45) is 23.7 Å². The number of carboxylic acid groups (broad SMARTS) is 1. The van der Waals surface area contributed by atoms with Gasteiger partial charge in [0.15, 0.2) is 0 Å². The number of aliphatic hydroxyl groups excluding tert-OH is 1. The van der Waals surface area contributed by atoms with E-state index in [1.54, 1.807) is 27.6 Å². The average molecular weight is 481 g/mol. The number of rotatable bonds is 11. The summed E-state index contributed by atoms with van der Waals surface area (Å²) in [6.45, 7) is 14.2. The van der Waals surface area contributed by atoms with E-state index in [4.69, 9.17) is 0 Å². The highest BCUT2D eigenvalue weighted by atomic mass is 32.2. The Labute approximate surface area is 202 Å². The van der Waals surface area contributed by atoms with Crippen molar-refractivity contribution in [3.63, 3.8) is 0 Å². The number of nitrogens with zero attached hydrogens (tertiary/aromatic N) is 2. The van der Waals surface area contributed by atoms with Crippen LogP contribution < -0.4 is 0 Å². The van der Waals surface area contributed by atoms with Crippen molar-refractivity contribution >= 4 is 29.5 Å². The van der Waals surface area contributed by atoms with Gasteiger partial charge in [0.1, 0.15) is 6.04 Å². The molecule has 3 heterocycles. The third-order valence-electron chi connectivity index (χ3n) is 7.90. The molecule has 3 aliphatic heterocycles. The minimum Gasteiger partial charge on any atom is -0.481 e. The Morgan fingerprint density at radius 1 is 1.36 bits per heavy atom. The highest BCUT2D eigenvalue weighted by Crippen LogP contribution is 2.69. The lowest BCUT2D eigenvalue weighted by atomic mass is 9.66. The van der Waals surface area contributed by atoms with Gasteiger partial charge in [-0.3, -0.25) is 14.4 Å². The topological polar surface area (TPSA) is 98.2 Å². The summed E-state index contributed by atoms with van der Waals surface area (Å²) >= 11 is 1.55. The molecule has 0 saturated carbocycles. The molecule has 1 spiro atoms. The molecule has 3 rings (SSSR count). The number of hydrogen-bond acceptors (Lipinski definition) is 5. The first kappa shape index (κ1) is 26.1. The van der Waals surface area contributed by atoms with Crippen molar-refractivity contribution in [2.75, 3.05) is 13.2 Å². The largest absolute Gasteiger partial charge is 0.481 e. The third-order valence-corrected chi connectivity index (χ3v) is 9.97. The molecule has 2 N–H and O–H groups in total. The van der Waals surface area contributed by atoms with Crippen LogP contribution in [0.25, 0.3) is 0 Å². The fourth-order valence-corrected chi connectivity index (χ4v) is 8.99. The number of aliphatic hydroxyl groups is 1. The maximum Gasteiger partial charge on any atom is 0.308 e. The average Bonchev–Trinajstić information content (AvgIpc) is 3.33. The molecule has 3 saturated heterocycles. The van der Waals surface area contributed by atoms with E-state index in [0.717, 1.165) is 12.8 Å². The first-order valence-corrected chi connectivity index (χ1v) is 13.2. The van der Waals surface area contributed by atoms with Crippen LogP contribution in [0.2, 0.25) is 0 Å². The fraction of sp³-hybridized carbons (Fsp3) is 0.800. The summed E-state index contributed by atoms with van der Waals surface area (Å²) in [5, 5.41) is 20.2. The molecule has 186 valence electrons. The molecule has 8 atom stereocenters. The molecule has 33 heavy (non-hydrogen) atoms. The van der Waals surface area contributed by atoms with Crippen LogP contribution in [0.15, 0.2) is 12.7 Å². The summed E-state index contributed by atoms with van der Waals surface area (Å²) in [5.41, 5.74) is 0. The maximum atomic E-state index is 14.3. The summed E-state index contributed by atoms with van der Waals surface area (Å²) < 4.78 is -0.780. The molecule has 2 amide bonds. The molecule has 0 aromatic carbocycles. The van der Waals surface area contributed by atoms with E-state index in [1.807, 2.05) is 20.8 Å². The Balaban J connectivity index is 2.14. The Bertz CT molecular complexity index is 789. The van der Waals surface area contributed by atoms with E-state index in [9.17, 15) is 24.6 Å². The van der Waals surface area contributed by atoms with Gasteiger partial charge in [-0.2, -0.15) is 0 Å². The number of carbonyl (C=O) groups excluding carboxylic acids is 2. The Kier molecular flexibility index (Phi) is 7.89. The van der Waals surface area contributed by atoms with E-state index < -0.39 is 34.6 Å². The smallest absolute Gasteiger partial charge is 0.308 e. The number of aliphatic carboxylic acids is 1. The quantitative estimate of drug-likeness (QED) is 0.441. The Morgan fingerprint density at radius 3 is 2.55 bits per heavy atom. The zero-order valence-corrected chi connectivity index (χ0v) is 21.4. The highest BCUT2D eigenvalue weighted by molar-refractivity contribution is 8.02. The molecule has 0 aromatic heterocycles. The van der Waals surface area contributed by atoms with Crippen LogP contribution in [0.5, 0.6) is 0 Å². The maximum absolute atomic E-state index is 14.3. The van der Waals surface area contributed by atoms with Gasteiger partial charge in [-0.15, -0.1) is 18.3 Å². The molecule has 8 heteroatoms. The zero-order chi connectivity index (χ0) is 24.7. The van der Waals surface area contributed by atoms with Gasteiger partial charge in [0.05, 0.1) is 29.2 Å². The van der Waals surface area contributed by atoms with Gasteiger partial charge >= 0.3 is 5.97 Å². The number of amides is 2. The monoisotopic (exact) mass is 480 g/mol. The molecule has 4 unspecified atom stereocenters. The van der Waals surface area contributed by atoms with Gasteiger partial charge in [-0.05, 0) is 38.0 Å². The fourth-order valence-electron chi connectivity index (χ4n) is 6.59. The minimum absolute atomic E-state index is 0.0280. The second-order valence-corrected chi connectivity index (χ2v) is 12.1. The lowest BCUT2D eigenvalue weighted by molar-refractivity contribution is -0.150. The van der Waals surface area contributed by atoms with Crippen LogP contribution >= 0.6 is 11.8 Å². The van der Waals surface area contributed by atoms with Crippen molar-refractivity contribution < 1.29 is 24.6 Å². The van der Waals surface area contributed by atoms with Crippen LogP contribution in [0.3, 0.4) is 0 Å². The van der Waals surface area contributed by atoms with Gasteiger partial charge < -0.3 is 20.0 Å². The number of fused-ring (bicyclic) bond motifs is 1. The van der Waals surface area contributed by atoms with E-state index in [2.05, 4.69) is 20.4 Å². The van der Waals surface area contributed by atoms with Crippen LogP contribution in [0.4, 0.5) is 0 Å². The predicted molar refractivity (Wildman–Crippen MR) is 130 cm³/mol. The summed E-state index contributed by atoms with van der Waals surface area (Å²) in [6.07, 6.45) is 4.70. The molecule has 3 fully saturated rings. The molecule has 3 aliphatic rings. The number of carbonyl (C=O) groups is 3. The summed E-state index contributed by atoms with van der Waals surface area (Å²) in [7, 11) is 0. The zero-order valence-electron chi connectivity index (χ0n) is 20.6. The summed E-state index contributed by atoms with van der Waals surface area (Å²) in [4.78, 5) is 43.9. The van der Waals surface area contributed by atoms with Crippen molar-refractivity contribution in [1.29, 1.82) is 0 Å². The number of carboxylic acids is 1. The van der Waals surface area contributed by atoms with Crippen molar-refractivity contribution in [1.82, 2.24) is 9.80 Å². The minimum atomic E-state index is -0.959. The third kappa shape index (κ3) is 4.11. The number of likely N-dealkylation sites (tertiary alicyclic amines) is 1. The standard InChI is InChI=1S/C25H40N2O5S/c1-7-9-16(6)26(10-8-2)23(30)21-25-15(5)12-18(33-25)19(24(31)32)20(25)22(29)27(21)17(13-28)11-14(3)4/h8,14-21,28H,2,7,9-13H2,1,3-6H3,(H,31,32)/t15?,16?,17-,18-,19+,20+,21?,25?/m1/s1. The molecule has 2 bridgehead atoms. The highest BCUT2D eigenvalue weighted by Gasteiger charge is 2.77. The molecule has 0 aliphatic carbocycles. The molecule has 0 aromatic rings. The molecular formula is C25H40N2O5S. The van der Waals surface area contributed by atoms with Crippen LogP contribution in [-0.4, -0.2) is 79.1 Å². The lowest BCUT2D eigenvalue weighted by Gasteiger charge is -2.43. The summed E-state index contributed by atoms with van der Waals surface area (Å²) in [6, 6.07) is -1.32. The van der Waals surface area contributed by atoms with Gasteiger partial charge in [0, 0.05) is 17.8 Å². The van der Waals surface area contributed by atoms with E-state index in [-0.39, 0.29) is 41.5 Å². The molecule has 0 radical (unpaired) electrons. The number of thioether (sulfide) groups is 1. The predicted octanol–water partition coefficient (Wildman–Crippen LogP) is 3.02. The molecule has 7 nitrogen and oxygen atoms in total. The first-order chi connectivity index (χ1) is 15.6. The van der Waals surface area contributed by atoms with Crippen molar-refractivity contribution in [3.8, 4) is 0 Å². The van der Waals surface area contributed by atoms with Crippen molar-refractivity contribution in [2.45, 2.75) is 88.4 Å². The SMILES string of the molecule is C=CCN(C(=O)C1N([C@@H](CO)CC(C)C)C(=O)[C@@H]2[C@@H](C(=O)O)[C@H]3CC(C)C12S3)C(C)CCC. The Morgan fingerprint density at radius 2 is 2.03 bits per heavy atom. The Hall–Kier alpha value is -1.54. The first-order valence-electron chi connectivity index (χ1n) is 12.3. The van der Waals surface area contributed by atoms with E-state index in [0.29, 0.717) is 19.4 Å². The van der Waals surface area contributed by atoms with Gasteiger partial charge in [-0.25, -0.2) is 0 Å². The lowest BCUT2D eigenvalue weighted by Crippen LogP contribution is -2.60. The normalized spacial score (nSPS) is 34.5. The van der Waals surface area contributed by atoms with Gasteiger partial charge in [0.2, 0.25) is 11.8 Å². The van der Waals surface area contributed by atoms with Crippen LogP contribution in [0, 0.1) is 23.7 Å².